The van der Waals surface area contributed by atoms with Gasteiger partial charge in [0.15, 0.2) is 10.1 Å². The van der Waals surface area contributed by atoms with Crippen molar-refractivity contribution < 1.29 is 4.79 Å². The number of halogens is 2. The summed E-state index contributed by atoms with van der Waals surface area (Å²) in [5.74, 6) is 0.318. The molecule has 0 aromatic rings. The van der Waals surface area contributed by atoms with Gasteiger partial charge >= 0.3 is 0 Å². The molecule has 17 heavy (non-hydrogen) atoms. The van der Waals surface area contributed by atoms with Crippen LogP contribution < -0.4 is 0 Å². The molecule has 0 bridgehead atoms. The Kier molecular flexibility index (Phi) is 3.20. The lowest BCUT2D eigenvalue weighted by Gasteiger charge is -2.44. The van der Waals surface area contributed by atoms with Crippen LogP contribution in [0.3, 0.4) is 0 Å². The lowest BCUT2D eigenvalue weighted by molar-refractivity contribution is -0.131. The predicted octanol–water partition coefficient (Wildman–Crippen LogP) is 4.30. The topological polar surface area (TPSA) is 17.1 Å². The summed E-state index contributed by atoms with van der Waals surface area (Å²) in [5.41, 5.74) is 3.57. The van der Waals surface area contributed by atoms with Gasteiger partial charge < -0.3 is 0 Å². The fraction of sp³-hybridized carbons (Fsp3) is 0.643. The monoisotopic (exact) mass is 272 g/mol. The maximum absolute atomic E-state index is 12.0. The quantitative estimate of drug-likeness (QED) is 0.685. The first kappa shape index (κ1) is 13.2. The van der Waals surface area contributed by atoms with Crippen LogP contribution in [0.25, 0.3) is 0 Å². The predicted molar refractivity (Wildman–Crippen MR) is 72.3 cm³/mol. The van der Waals surface area contributed by atoms with Gasteiger partial charge in [-0.05, 0) is 31.8 Å². The van der Waals surface area contributed by atoms with E-state index < -0.39 is 4.33 Å². The van der Waals surface area contributed by atoms with Crippen molar-refractivity contribution in [2.75, 3.05) is 0 Å². The number of rotatable bonds is 2. The Balaban J connectivity index is 2.45. The van der Waals surface area contributed by atoms with Crippen molar-refractivity contribution in [3.05, 3.63) is 22.8 Å². The summed E-state index contributed by atoms with van der Waals surface area (Å²) in [6, 6.07) is 0. The number of ketones is 1. The summed E-state index contributed by atoms with van der Waals surface area (Å²) < 4.78 is -1.20. The molecule has 3 unspecified atom stereocenters. The second kappa shape index (κ2) is 4.13. The Morgan fingerprint density at radius 1 is 1.47 bits per heavy atom. The van der Waals surface area contributed by atoms with E-state index in [2.05, 4.69) is 19.9 Å². The number of Topliss-reactive ketones (excluding diaryl/α,β-unsaturated/α-hetero) is 1. The molecule has 1 fully saturated rings. The number of carbonyl (C=O) groups is 1. The number of hydrogen-bond donors (Lipinski definition) is 0. The summed E-state index contributed by atoms with van der Waals surface area (Å²) in [6.07, 6.45) is 3.20. The highest BCUT2D eigenvalue weighted by Gasteiger charge is 2.65. The normalized spacial score (nSPS) is 31.8. The van der Waals surface area contributed by atoms with Gasteiger partial charge in [-0.2, -0.15) is 0 Å². The third-order valence-corrected chi connectivity index (χ3v) is 4.95. The highest BCUT2D eigenvalue weighted by Crippen LogP contribution is 2.60. The molecule has 3 heteroatoms. The van der Waals surface area contributed by atoms with Crippen LogP contribution in [-0.4, -0.2) is 10.1 Å². The van der Waals surface area contributed by atoms with Crippen LogP contribution in [0.15, 0.2) is 22.8 Å². The molecule has 2 aliphatic rings. The molecular formula is C14H18Cl2O. The summed E-state index contributed by atoms with van der Waals surface area (Å²) in [4.78, 5) is 12.0. The molecule has 0 aliphatic heterocycles. The Morgan fingerprint density at radius 3 is 2.53 bits per heavy atom. The van der Waals surface area contributed by atoms with E-state index in [1.165, 1.54) is 11.1 Å². The Labute approximate surface area is 113 Å². The highest BCUT2D eigenvalue weighted by atomic mass is 35.5. The first-order valence-electron chi connectivity index (χ1n) is 6.13. The van der Waals surface area contributed by atoms with E-state index >= 15 is 0 Å². The van der Waals surface area contributed by atoms with Gasteiger partial charge in [0.2, 0.25) is 0 Å². The summed E-state index contributed by atoms with van der Waals surface area (Å²) >= 11 is 12.3. The Bertz CT molecular complexity index is 428. The maximum Gasteiger partial charge on any atom is 0.184 e. The van der Waals surface area contributed by atoms with E-state index in [0.29, 0.717) is 5.92 Å². The molecule has 2 aliphatic carbocycles. The average Bonchev–Trinajstić information content (AvgIpc) is 2.65. The van der Waals surface area contributed by atoms with Gasteiger partial charge in [0, 0.05) is 5.92 Å². The van der Waals surface area contributed by atoms with Crippen molar-refractivity contribution in [2.24, 2.45) is 17.8 Å². The number of carbonyl (C=O) groups excluding carboxylic acids is 1. The molecule has 0 amide bonds. The number of alkyl halides is 2. The van der Waals surface area contributed by atoms with E-state index in [9.17, 15) is 4.79 Å². The molecule has 0 aromatic heterocycles. The van der Waals surface area contributed by atoms with Gasteiger partial charge in [0.05, 0.1) is 5.92 Å². The maximum atomic E-state index is 12.0. The smallest absolute Gasteiger partial charge is 0.184 e. The lowest BCUT2D eigenvalue weighted by atomic mass is 9.67. The fourth-order valence-electron chi connectivity index (χ4n) is 2.85. The van der Waals surface area contributed by atoms with Crippen LogP contribution in [0.5, 0.6) is 0 Å². The van der Waals surface area contributed by atoms with Crippen molar-refractivity contribution in [2.45, 2.75) is 38.4 Å². The molecule has 0 radical (unpaired) electrons. The van der Waals surface area contributed by atoms with Crippen molar-refractivity contribution in [1.82, 2.24) is 0 Å². The SMILES string of the molecule is CCC(C)C1=CC(=C(C)C)C2C(=O)C(Cl)(Cl)C12. The van der Waals surface area contributed by atoms with Crippen LogP contribution in [0.1, 0.15) is 34.1 Å². The molecule has 0 saturated heterocycles. The van der Waals surface area contributed by atoms with Crippen LogP contribution in [0.2, 0.25) is 0 Å². The fourth-order valence-corrected chi connectivity index (χ4v) is 3.59. The van der Waals surface area contributed by atoms with Gasteiger partial charge in [-0.25, -0.2) is 0 Å². The largest absolute Gasteiger partial charge is 0.296 e. The molecule has 2 rings (SSSR count). The zero-order chi connectivity index (χ0) is 13.0. The van der Waals surface area contributed by atoms with Gasteiger partial charge in [0.1, 0.15) is 0 Å². The molecule has 0 heterocycles. The molecule has 3 atom stereocenters. The van der Waals surface area contributed by atoms with E-state index in [1.807, 2.05) is 13.8 Å². The number of allylic oxidation sites excluding steroid dienone is 4. The molecule has 1 nitrogen and oxygen atoms in total. The molecule has 1 saturated carbocycles. The summed E-state index contributed by atoms with van der Waals surface area (Å²) in [5, 5.41) is 0. The van der Waals surface area contributed by atoms with E-state index in [1.54, 1.807) is 0 Å². The zero-order valence-corrected chi connectivity index (χ0v) is 12.2. The van der Waals surface area contributed by atoms with Crippen LogP contribution >= 0.6 is 23.2 Å². The van der Waals surface area contributed by atoms with Crippen LogP contribution in [-0.2, 0) is 4.79 Å². The van der Waals surface area contributed by atoms with Crippen molar-refractivity contribution >= 4 is 29.0 Å². The number of fused-ring (bicyclic) bond motifs is 1. The summed E-state index contributed by atoms with van der Waals surface area (Å²) in [7, 11) is 0. The van der Waals surface area contributed by atoms with Gasteiger partial charge in [-0.3, -0.25) is 4.79 Å². The minimum Gasteiger partial charge on any atom is -0.296 e. The second-order valence-electron chi connectivity index (χ2n) is 5.35. The van der Waals surface area contributed by atoms with E-state index in [-0.39, 0.29) is 17.6 Å². The molecule has 0 aromatic carbocycles. The standard InChI is InChI=1S/C14H18Cl2O/c1-5-8(4)10-6-9(7(2)3)11-12(10)14(15,16)13(11)17/h6,8,11-12H,5H2,1-4H3. The van der Waals surface area contributed by atoms with Crippen molar-refractivity contribution in [3.63, 3.8) is 0 Å². The first-order valence-corrected chi connectivity index (χ1v) is 6.88. The van der Waals surface area contributed by atoms with Crippen molar-refractivity contribution in [1.29, 1.82) is 0 Å². The average molecular weight is 273 g/mol. The lowest BCUT2D eigenvalue weighted by Crippen LogP contribution is -2.56. The van der Waals surface area contributed by atoms with Crippen LogP contribution in [0.4, 0.5) is 0 Å². The molecule has 0 N–H and O–H groups in total. The first-order chi connectivity index (χ1) is 7.82. The van der Waals surface area contributed by atoms with E-state index in [4.69, 9.17) is 23.2 Å². The van der Waals surface area contributed by atoms with Gasteiger partial charge in [0.25, 0.3) is 0 Å². The van der Waals surface area contributed by atoms with Crippen molar-refractivity contribution in [3.8, 4) is 0 Å². The zero-order valence-electron chi connectivity index (χ0n) is 10.7. The van der Waals surface area contributed by atoms with Gasteiger partial charge in [-0.15, -0.1) is 0 Å². The van der Waals surface area contributed by atoms with E-state index in [0.717, 1.165) is 12.0 Å². The van der Waals surface area contributed by atoms with Crippen LogP contribution in [0, 0.1) is 17.8 Å². The minimum absolute atomic E-state index is 0.00168. The minimum atomic E-state index is -1.20. The third kappa shape index (κ3) is 1.70. The molecule has 0 spiro atoms. The second-order valence-corrected chi connectivity index (χ2v) is 6.74. The summed E-state index contributed by atoms with van der Waals surface area (Å²) in [6.45, 7) is 8.39. The third-order valence-electron chi connectivity index (χ3n) is 4.11. The Morgan fingerprint density at radius 2 is 2.06 bits per heavy atom. The number of hydrogen-bond acceptors (Lipinski definition) is 1. The Hall–Kier alpha value is -0.270. The molecular weight excluding hydrogens is 255 g/mol. The molecule has 94 valence electrons. The highest BCUT2D eigenvalue weighted by molar-refractivity contribution is 6.61. The van der Waals surface area contributed by atoms with Gasteiger partial charge in [-0.1, -0.05) is 54.3 Å².